The second-order valence-corrected chi connectivity index (χ2v) is 7.00. The van der Waals surface area contributed by atoms with Crippen LogP contribution in [0.4, 0.5) is 0 Å². The predicted molar refractivity (Wildman–Crippen MR) is 102 cm³/mol. The molecule has 0 bridgehead atoms. The highest BCUT2D eigenvalue weighted by molar-refractivity contribution is 5.84. The lowest BCUT2D eigenvalue weighted by molar-refractivity contribution is 0.868. The zero-order chi connectivity index (χ0) is 16.4. The summed E-state index contributed by atoms with van der Waals surface area (Å²) in [7, 11) is 0. The molecule has 0 unspecified atom stereocenters. The molecule has 23 heavy (non-hydrogen) atoms. The van der Waals surface area contributed by atoms with Crippen molar-refractivity contribution in [3.05, 3.63) is 64.2 Å². The molecular weight excluding hydrogens is 276 g/mol. The zero-order valence-electron chi connectivity index (χ0n) is 14.9. The number of aryl methyl sites for hydroxylation is 1. The van der Waals surface area contributed by atoms with Gasteiger partial charge in [-0.15, -0.1) is 0 Å². The number of hydrogen-bond acceptors (Lipinski definition) is 0. The molecule has 0 amide bonds. The maximum atomic E-state index is 2.48. The average Bonchev–Trinajstić information content (AvgIpc) is 2.96. The first kappa shape index (κ1) is 16.1. The number of rotatable bonds is 5. The Bertz CT molecular complexity index is 732. The van der Waals surface area contributed by atoms with Gasteiger partial charge in [-0.1, -0.05) is 82.2 Å². The van der Waals surface area contributed by atoms with Gasteiger partial charge in [-0.05, 0) is 58.6 Å². The first-order valence-corrected chi connectivity index (χ1v) is 9.09. The van der Waals surface area contributed by atoms with E-state index in [9.17, 15) is 0 Å². The van der Waals surface area contributed by atoms with Crippen LogP contribution in [-0.2, 0) is 12.8 Å². The molecule has 0 spiro atoms. The third kappa shape index (κ3) is 3.00. The highest BCUT2D eigenvalue weighted by Crippen LogP contribution is 2.40. The van der Waals surface area contributed by atoms with Gasteiger partial charge < -0.3 is 0 Å². The first-order valence-electron chi connectivity index (χ1n) is 9.09. The van der Waals surface area contributed by atoms with Gasteiger partial charge in [-0.3, -0.25) is 0 Å². The largest absolute Gasteiger partial charge is 0.0652 e. The standard InChI is InChI=1S/C23H28/c1-5-9-17-14-19-13-12-18(6-2)23(22(19)15-17)21-11-8-7-10-20(21)16(3)4/h7-8,10-13,15-16H,5-6,9,14H2,1-4H3. The summed E-state index contributed by atoms with van der Waals surface area (Å²) in [4.78, 5) is 0. The van der Waals surface area contributed by atoms with Crippen LogP contribution >= 0.6 is 0 Å². The van der Waals surface area contributed by atoms with Crippen molar-refractivity contribution in [1.82, 2.24) is 0 Å². The molecule has 120 valence electrons. The Morgan fingerprint density at radius 3 is 2.48 bits per heavy atom. The molecule has 0 fully saturated rings. The van der Waals surface area contributed by atoms with Crippen LogP contribution in [0.25, 0.3) is 17.2 Å². The van der Waals surface area contributed by atoms with Crippen molar-refractivity contribution in [2.45, 2.75) is 59.3 Å². The Morgan fingerprint density at radius 1 is 1.00 bits per heavy atom. The SMILES string of the molecule is CCCC1=Cc2c(ccc(CC)c2-c2ccccc2C(C)C)C1. The number of fused-ring (bicyclic) bond motifs is 1. The maximum Gasteiger partial charge on any atom is -0.00576 e. The minimum absolute atomic E-state index is 0.548. The maximum absolute atomic E-state index is 2.48. The molecule has 0 N–H and O–H groups in total. The molecule has 0 nitrogen and oxygen atoms in total. The minimum atomic E-state index is 0.548. The van der Waals surface area contributed by atoms with Gasteiger partial charge in [0.2, 0.25) is 0 Å². The summed E-state index contributed by atoms with van der Waals surface area (Å²) in [5.41, 5.74) is 10.5. The summed E-state index contributed by atoms with van der Waals surface area (Å²) in [6, 6.07) is 13.7. The van der Waals surface area contributed by atoms with Crippen molar-refractivity contribution in [2.24, 2.45) is 0 Å². The van der Waals surface area contributed by atoms with E-state index in [2.05, 4.69) is 70.2 Å². The second kappa shape index (κ2) is 6.74. The van der Waals surface area contributed by atoms with E-state index in [0.29, 0.717) is 5.92 Å². The van der Waals surface area contributed by atoms with Crippen molar-refractivity contribution in [3.8, 4) is 11.1 Å². The van der Waals surface area contributed by atoms with Gasteiger partial charge in [0.1, 0.15) is 0 Å². The Kier molecular flexibility index (Phi) is 4.71. The van der Waals surface area contributed by atoms with E-state index in [1.807, 2.05) is 0 Å². The van der Waals surface area contributed by atoms with Gasteiger partial charge >= 0.3 is 0 Å². The molecule has 3 rings (SSSR count). The van der Waals surface area contributed by atoms with Gasteiger partial charge in [0.25, 0.3) is 0 Å². The summed E-state index contributed by atoms with van der Waals surface area (Å²) >= 11 is 0. The fraction of sp³-hybridized carbons (Fsp3) is 0.391. The van der Waals surface area contributed by atoms with E-state index in [0.717, 1.165) is 12.8 Å². The second-order valence-electron chi connectivity index (χ2n) is 7.00. The summed E-state index contributed by atoms with van der Waals surface area (Å²) in [5, 5.41) is 0. The van der Waals surface area contributed by atoms with Gasteiger partial charge in [0.05, 0.1) is 0 Å². The molecular formula is C23H28. The van der Waals surface area contributed by atoms with Gasteiger partial charge in [-0.2, -0.15) is 0 Å². The number of hydrogen-bond donors (Lipinski definition) is 0. The van der Waals surface area contributed by atoms with E-state index >= 15 is 0 Å². The summed E-state index contributed by atoms with van der Waals surface area (Å²) in [5.74, 6) is 0.548. The first-order chi connectivity index (χ1) is 11.2. The van der Waals surface area contributed by atoms with Crippen LogP contribution < -0.4 is 0 Å². The summed E-state index contributed by atoms with van der Waals surface area (Å²) < 4.78 is 0. The van der Waals surface area contributed by atoms with Crippen molar-refractivity contribution < 1.29 is 0 Å². The molecule has 0 atom stereocenters. The van der Waals surface area contributed by atoms with E-state index in [1.165, 1.54) is 46.2 Å². The summed E-state index contributed by atoms with van der Waals surface area (Å²) in [6.07, 6.45) is 7.17. The van der Waals surface area contributed by atoms with Crippen LogP contribution in [0.1, 0.15) is 68.7 Å². The number of benzene rings is 2. The normalized spacial score (nSPS) is 13.3. The van der Waals surface area contributed by atoms with Gasteiger partial charge in [-0.25, -0.2) is 0 Å². The van der Waals surface area contributed by atoms with E-state index < -0.39 is 0 Å². The van der Waals surface area contributed by atoms with Crippen molar-refractivity contribution >= 4 is 6.08 Å². The fourth-order valence-corrected chi connectivity index (χ4v) is 3.85. The molecule has 0 saturated heterocycles. The average molecular weight is 304 g/mol. The lowest BCUT2D eigenvalue weighted by atomic mass is 9.86. The Labute approximate surface area is 141 Å². The summed E-state index contributed by atoms with van der Waals surface area (Å²) in [6.45, 7) is 9.14. The molecule has 0 heterocycles. The fourth-order valence-electron chi connectivity index (χ4n) is 3.85. The Balaban J connectivity index is 2.22. The molecule has 0 heteroatoms. The van der Waals surface area contributed by atoms with E-state index in [4.69, 9.17) is 0 Å². The molecule has 1 aliphatic rings. The van der Waals surface area contributed by atoms with E-state index in [-0.39, 0.29) is 0 Å². The van der Waals surface area contributed by atoms with Crippen molar-refractivity contribution in [2.75, 3.05) is 0 Å². The molecule has 2 aromatic rings. The third-order valence-electron chi connectivity index (χ3n) is 4.99. The quantitative estimate of drug-likeness (QED) is 0.571. The van der Waals surface area contributed by atoms with Crippen LogP contribution in [-0.4, -0.2) is 0 Å². The minimum Gasteiger partial charge on any atom is -0.0652 e. The van der Waals surface area contributed by atoms with Crippen LogP contribution in [0.3, 0.4) is 0 Å². The molecule has 0 radical (unpaired) electrons. The smallest absolute Gasteiger partial charge is 0.00576 e. The van der Waals surface area contributed by atoms with Crippen LogP contribution in [0, 0.1) is 0 Å². The van der Waals surface area contributed by atoms with Crippen LogP contribution in [0.2, 0.25) is 0 Å². The van der Waals surface area contributed by atoms with Gasteiger partial charge in [0, 0.05) is 0 Å². The van der Waals surface area contributed by atoms with Crippen LogP contribution in [0.5, 0.6) is 0 Å². The third-order valence-corrected chi connectivity index (χ3v) is 4.99. The molecule has 1 aliphatic carbocycles. The lowest BCUT2D eigenvalue weighted by Crippen LogP contribution is -1.99. The van der Waals surface area contributed by atoms with E-state index in [1.54, 1.807) is 5.57 Å². The predicted octanol–water partition coefficient (Wildman–Crippen LogP) is 6.78. The van der Waals surface area contributed by atoms with Gasteiger partial charge in [0.15, 0.2) is 0 Å². The topological polar surface area (TPSA) is 0 Å². The highest BCUT2D eigenvalue weighted by atomic mass is 14.2. The molecule has 0 aromatic heterocycles. The zero-order valence-corrected chi connectivity index (χ0v) is 14.9. The van der Waals surface area contributed by atoms with Crippen molar-refractivity contribution in [1.29, 1.82) is 0 Å². The Morgan fingerprint density at radius 2 is 1.78 bits per heavy atom. The van der Waals surface area contributed by atoms with Crippen molar-refractivity contribution in [3.63, 3.8) is 0 Å². The lowest BCUT2D eigenvalue weighted by Gasteiger charge is -2.18. The molecule has 0 aliphatic heterocycles. The molecule has 0 saturated carbocycles. The number of allylic oxidation sites excluding steroid dienone is 1. The Hall–Kier alpha value is -1.82. The monoisotopic (exact) mass is 304 g/mol. The van der Waals surface area contributed by atoms with Crippen LogP contribution in [0.15, 0.2) is 42.0 Å². The highest BCUT2D eigenvalue weighted by Gasteiger charge is 2.20. The molecule has 2 aromatic carbocycles.